The van der Waals surface area contributed by atoms with Crippen LogP contribution in [0, 0.1) is 0 Å². The van der Waals surface area contributed by atoms with Crippen LogP contribution in [0.4, 0.5) is 5.69 Å². The second-order valence-electron chi connectivity index (χ2n) is 2.98. The summed E-state index contributed by atoms with van der Waals surface area (Å²) >= 11 is 5.35. The van der Waals surface area contributed by atoms with E-state index in [0.717, 1.165) is 16.7 Å². The molecule has 1 rings (SSSR count). The molecule has 0 aromatic carbocycles. The number of hydrogen-bond donors (Lipinski definition) is 1. The Hall–Kier alpha value is -0.220. The number of aromatic nitrogens is 1. The highest BCUT2D eigenvalue weighted by molar-refractivity contribution is 9.10. The van der Waals surface area contributed by atoms with Gasteiger partial charge in [0.05, 0.1) is 10.2 Å². The fourth-order valence-electron chi connectivity index (χ4n) is 1.11. The van der Waals surface area contributed by atoms with E-state index in [9.17, 15) is 0 Å². The second-order valence-corrected chi connectivity index (χ2v) is 4.82. The lowest BCUT2D eigenvalue weighted by Crippen LogP contribution is -2.02. The van der Waals surface area contributed by atoms with Crippen LogP contribution in [0.25, 0.3) is 0 Å². The minimum absolute atomic E-state index is 1.03. The molecular formula is C10H15BrN2S. The third-order valence-electron chi connectivity index (χ3n) is 1.86. The molecule has 0 spiro atoms. The van der Waals surface area contributed by atoms with E-state index in [1.54, 1.807) is 6.20 Å². The van der Waals surface area contributed by atoms with Crippen LogP contribution < -0.4 is 5.32 Å². The molecule has 1 N–H and O–H groups in total. The van der Waals surface area contributed by atoms with Crippen LogP contribution >= 0.6 is 27.7 Å². The Morgan fingerprint density at radius 1 is 1.50 bits per heavy atom. The van der Waals surface area contributed by atoms with Crippen LogP contribution in [0.2, 0.25) is 0 Å². The second kappa shape index (κ2) is 7.12. The van der Waals surface area contributed by atoms with Gasteiger partial charge in [0.25, 0.3) is 0 Å². The van der Waals surface area contributed by atoms with E-state index in [2.05, 4.69) is 32.5 Å². The number of nitrogens with one attached hydrogen (secondary N) is 1. The average molecular weight is 275 g/mol. The summed E-state index contributed by atoms with van der Waals surface area (Å²) < 4.78 is 1.03. The van der Waals surface area contributed by atoms with Gasteiger partial charge in [-0.2, -0.15) is 11.8 Å². The summed E-state index contributed by atoms with van der Waals surface area (Å²) in [6, 6.07) is 1.98. The highest BCUT2D eigenvalue weighted by Gasteiger charge is 1.96. The minimum atomic E-state index is 1.03. The summed E-state index contributed by atoms with van der Waals surface area (Å²) in [4.78, 5) is 4.01. The van der Waals surface area contributed by atoms with Crippen LogP contribution in [0.5, 0.6) is 0 Å². The number of thioether (sulfide) groups is 1. The first-order valence-electron chi connectivity index (χ1n) is 4.67. The molecule has 0 bridgehead atoms. The number of anilines is 1. The highest BCUT2D eigenvalue weighted by atomic mass is 79.9. The summed E-state index contributed by atoms with van der Waals surface area (Å²) in [5.74, 6) is 1.25. The van der Waals surface area contributed by atoms with Gasteiger partial charge in [0.15, 0.2) is 0 Å². The number of pyridine rings is 1. The van der Waals surface area contributed by atoms with Gasteiger partial charge in [-0.3, -0.25) is 4.98 Å². The normalized spacial score (nSPS) is 10.1. The van der Waals surface area contributed by atoms with Crippen molar-refractivity contribution in [1.29, 1.82) is 0 Å². The van der Waals surface area contributed by atoms with Gasteiger partial charge in [-0.1, -0.05) is 0 Å². The van der Waals surface area contributed by atoms with Crippen LogP contribution in [0.3, 0.4) is 0 Å². The lowest BCUT2D eigenvalue weighted by atomic mass is 10.3. The maximum atomic E-state index is 4.01. The van der Waals surface area contributed by atoms with Crippen molar-refractivity contribution in [3.63, 3.8) is 0 Å². The molecule has 0 fully saturated rings. The zero-order valence-corrected chi connectivity index (χ0v) is 10.7. The SMILES string of the molecule is CSCCCCNc1ccncc1Br. The minimum Gasteiger partial charge on any atom is -0.384 e. The zero-order chi connectivity index (χ0) is 10.2. The molecule has 0 atom stereocenters. The molecule has 0 saturated heterocycles. The van der Waals surface area contributed by atoms with Crippen molar-refractivity contribution >= 4 is 33.4 Å². The zero-order valence-electron chi connectivity index (χ0n) is 8.29. The molecule has 1 heterocycles. The smallest absolute Gasteiger partial charge is 0.0590 e. The van der Waals surface area contributed by atoms with Crippen molar-refractivity contribution in [3.8, 4) is 0 Å². The molecular weight excluding hydrogens is 260 g/mol. The number of rotatable bonds is 6. The summed E-state index contributed by atoms with van der Waals surface area (Å²) in [6.07, 6.45) is 8.25. The molecule has 0 aliphatic heterocycles. The number of hydrogen-bond acceptors (Lipinski definition) is 3. The molecule has 1 aromatic rings. The van der Waals surface area contributed by atoms with Crippen LogP contribution in [-0.2, 0) is 0 Å². The van der Waals surface area contributed by atoms with Gasteiger partial charge >= 0.3 is 0 Å². The van der Waals surface area contributed by atoms with Gasteiger partial charge in [-0.25, -0.2) is 0 Å². The number of unbranched alkanes of at least 4 members (excludes halogenated alkanes) is 1. The van der Waals surface area contributed by atoms with Gasteiger partial charge in [0, 0.05) is 18.9 Å². The van der Waals surface area contributed by atoms with Crippen LogP contribution in [-0.4, -0.2) is 23.5 Å². The van der Waals surface area contributed by atoms with Crippen molar-refractivity contribution in [1.82, 2.24) is 4.98 Å². The van der Waals surface area contributed by atoms with E-state index in [-0.39, 0.29) is 0 Å². The Labute approximate surface area is 98.0 Å². The van der Waals surface area contributed by atoms with Crippen molar-refractivity contribution in [2.45, 2.75) is 12.8 Å². The van der Waals surface area contributed by atoms with Gasteiger partial charge in [0.2, 0.25) is 0 Å². The Kier molecular flexibility index (Phi) is 6.03. The molecule has 0 amide bonds. The lowest BCUT2D eigenvalue weighted by Gasteiger charge is -2.07. The first kappa shape index (κ1) is 11.9. The molecule has 1 aromatic heterocycles. The van der Waals surface area contributed by atoms with E-state index in [1.807, 2.05) is 24.0 Å². The molecule has 2 nitrogen and oxygen atoms in total. The fraction of sp³-hybridized carbons (Fsp3) is 0.500. The Balaban J connectivity index is 2.21. The monoisotopic (exact) mass is 274 g/mol. The molecule has 0 unspecified atom stereocenters. The van der Waals surface area contributed by atoms with Crippen molar-refractivity contribution in [3.05, 3.63) is 22.9 Å². The molecule has 4 heteroatoms. The summed E-state index contributed by atoms with van der Waals surface area (Å²) in [7, 11) is 0. The van der Waals surface area contributed by atoms with Crippen molar-refractivity contribution in [2.24, 2.45) is 0 Å². The van der Waals surface area contributed by atoms with Gasteiger partial charge < -0.3 is 5.32 Å². The maximum absolute atomic E-state index is 4.01. The van der Waals surface area contributed by atoms with Crippen LogP contribution in [0.1, 0.15) is 12.8 Å². The van der Waals surface area contributed by atoms with Crippen molar-refractivity contribution in [2.75, 3.05) is 23.9 Å². The molecule has 14 heavy (non-hydrogen) atoms. The number of halogens is 1. The van der Waals surface area contributed by atoms with E-state index in [1.165, 1.54) is 18.6 Å². The third kappa shape index (κ3) is 4.33. The van der Waals surface area contributed by atoms with E-state index >= 15 is 0 Å². The van der Waals surface area contributed by atoms with Crippen molar-refractivity contribution < 1.29 is 0 Å². The Bertz CT molecular complexity index is 268. The predicted octanol–water partition coefficient (Wildman–Crippen LogP) is 3.40. The Morgan fingerprint density at radius 3 is 3.07 bits per heavy atom. The first-order chi connectivity index (χ1) is 6.84. The largest absolute Gasteiger partial charge is 0.384 e. The van der Waals surface area contributed by atoms with Gasteiger partial charge in [0.1, 0.15) is 0 Å². The third-order valence-corrected chi connectivity index (χ3v) is 3.19. The molecule has 0 aliphatic rings. The Morgan fingerprint density at radius 2 is 2.36 bits per heavy atom. The molecule has 78 valence electrons. The summed E-state index contributed by atoms with van der Waals surface area (Å²) in [6.45, 7) is 1.03. The molecule has 0 aliphatic carbocycles. The topological polar surface area (TPSA) is 24.9 Å². The number of nitrogens with zero attached hydrogens (tertiary/aromatic N) is 1. The predicted molar refractivity (Wildman–Crippen MR) is 68.0 cm³/mol. The molecule has 0 saturated carbocycles. The highest BCUT2D eigenvalue weighted by Crippen LogP contribution is 2.19. The maximum Gasteiger partial charge on any atom is 0.0590 e. The standard InChI is InChI=1S/C10H15BrN2S/c1-14-7-3-2-5-13-10-4-6-12-8-9(10)11/h4,6,8H,2-3,5,7H2,1H3,(H,12,13). The first-order valence-corrected chi connectivity index (χ1v) is 6.85. The van der Waals surface area contributed by atoms with Gasteiger partial charge in [-0.05, 0) is 46.8 Å². The average Bonchev–Trinajstić information content (AvgIpc) is 2.20. The molecule has 0 radical (unpaired) electrons. The quantitative estimate of drug-likeness (QED) is 0.805. The summed E-state index contributed by atoms with van der Waals surface area (Å²) in [5, 5.41) is 3.38. The van der Waals surface area contributed by atoms with Gasteiger partial charge in [-0.15, -0.1) is 0 Å². The van der Waals surface area contributed by atoms with Crippen LogP contribution in [0.15, 0.2) is 22.9 Å². The van der Waals surface area contributed by atoms with E-state index in [0.29, 0.717) is 0 Å². The fourth-order valence-corrected chi connectivity index (χ4v) is 2.00. The lowest BCUT2D eigenvalue weighted by molar-refractivity contribution is 0.842. The van der Waals surface area contributed by atoms with E-state index < -0.39 is 0 Å². The van der Waals surface area contributed by atoms with E-state index in [4.69, 9.17) is 0 Å². The summed E-state index contributed by atoms with van der Waals surface area (Å²) in [5.41, 5.74) is 1.13.